The van der Waals surface area contributed by atoms with Gasteiger partial charge in [-0.3, -0.25) is 14.4 Å². The summed E-state index contributed by atoms with van der Waals surface area (Å²) in [5, 5.41) is 8.96. The van der Waals surface area contributed by atoms with Gasteiger partial charge in [0, 0.05) is 43.8 Å². The third-order valence-corrected chi connectivity index (χ3v) is 6.65. The number of allylic oxidation sites excluding steroid dienone is 3. The van der Waals surface area contributed by atoms with Crippen LogP contribution in [0.3, 0.4) is 0 Å². The molecule has 1 unspecified atom stereocenters. The highest BCUT2D eigenvalue weighted by Crippen LogP contribution is 2.34. The standard InChI is InChI=1S/C27H22IN5O3/c1-15(34)17-3-2-4-21(11-17)30-26(36)16-5-8-20(9-6-16)31-27-29-14-18-12-24(35)32-23-13-19(28)7-10-22(23)25(18)33-27/h2,4-11,13-14,17H,3,12H2,1H3,(H,30,36)(H,32,35)(H,29,31,33). The summed E-state index contributed by atoms with van der Waals surface area (Å²) in [6.45, 7) is 1.55. The molecule has 0 saturated heterocycles. The van der Waals surface area contributed by atoms with Gasteiger partial charge in [0.05, 0.1) is 17.8 Å². The van der Waals surface area contributed by atoms with Gasteiger partial charge in [-0.1, -0.05) is 12.2 Å². The van der Waals surface area contributed by atoms with Crippen LogP contribution in [-0.2, 0) is 16.0 Å². The van der Waals surface area contributed by atoms with E-state index < -0.39 is 0 Å². The summed E-state index contributed by atoms with van der Waals surface area (Å²) in [7, 11) is 0. The lowest BCUT2D eigenvalue weighted by atomic mass is 9.95. The number of hydrogen-bond donors (Lipinski definition) is 3. The minimum Gasteiger partial charge on any atom is -0.325 e. The second kappa shape index (κ2) is 10.0. The van der Waals surface area contributed by atoms with E-state index in [-0.39, 0.29) is 29.9 Å². The van der Waals surface area contributed by atoms with Gasteiger partial charge in [0.1, 0.15) is 5.78 Å². The summed E-state index contributed by atoms with van der Waals surface area (Å²) >= 11 is 2.21. The molecule has 2 heterocycles. The predicted molar refractivity (Wildman–Crippen MR) is 146 cm³/mol. The number of halogens is 1. The van der Waals surface area contributed by atoms with E-state index in [0.29, 0.717) is 35.0 Å². The Kier molecular flexibility index (Phi) is 6.64. The number of aromatic nitrogens is 2. The SMILES string of the molecule is CC(=O)C1C=C(NC(=O)c2ccc(Nc3ncc4c(n3)-c3ccc(I)cc3NC(=O)C4)cc2)C=CC1. The van der Waals surface area contributed by atoms with Crippen LogP contribution in [0.5, 0.6) is 0 Å². The number of amides is 2. The van der Waals surface area contributed by atoms with Gasteiger partial charge in [-0.2, -0.15) is 0 Å². The zero-order valence-electron chi connectivity index (χ0n) is 19.3. The fourth-order valence-electron chi connectivity index (χ4n) is 4.11. The first kappa shape index (κ1) is 23.9. The van der Waals surface area contributed by atoms with E-state index in [1.165, 1.54) is 0 Å². The average molecular weight is 591 g/mol. The molecule has 0 radical (unpaired) electrons. The first-order chi connectivity index (χ1) is 17.4. The van der Waals surface area contributed by atoms with Crippen LogP contribution in [0, 0.1) is 9.49 Å². The normalized spacial score (nSPS) is 16.1. The van der Waals surface area contributed by atoms with E-state index in [9.17, 15) is 14.4 Å². The van der Waals surface area contributed by atoms with Crippen LogP contribution in [0.4, 0.5) is 17.3 Å². The predicted octanol–water partition coefficient (Wildman–Crippen LogP) is 4.77. The highest BCUT2D eigenvalue weighted by atomic mass is 127. The summed E-state index contributed by atoms with van der Waals surface area (Å²) in [5.74, 6) is -0.111. The zero-order valence-corrected chi connectivity index (χ0v) is 21.5. The third-order valence-electron chi connectivity index (χ3n) is 5.98. The number of nitrogens with one attached hydrogen (secondary N) is 3. The summed E-state index contributed by atoms with van der Waals surface area (Å²) in [4.78, 5) is 45.7. The van der Waals surface area contributed by atoms with Gasteiger partial charge in [-0.05, 0) is 84.5 Å². The minimum atomic E-state index is -0.258. The topological polar surface area (TPSA) is 113 Å². The van der Waals surface area contributed by atoms with Gasteiger partial charge in [-0.25, -0.2) is 9.97 Å². The highest BCUT2D eigenvalue weighted by molar-refractivity contribution is 14.1. The van der Waals surface area contributed by atoms with Crippen LogP contribution in [0.25, 0.3) is 11.3 Å². The third kappa shape index (κ3) is 5.20. The number of carbonyl (C=O) groups is 3. The molecule has 1 aliphatic heterocycles. The van der Waals surface area contributed by atoms with Gasteiger partial charge in [-0.15, -0.1) is 0 Å². The summed E-state index contributed by atoms with van der Waals surface area (Å²) < 4.78 is 1.01. The fraction of sp³-hybridized carbons (Fsp3) is 0.148. The van der Waals surface area contributed by atoms with E-state index in [1.807, 2.05) is 30.4 Å². The first-order valence-electron chi connectivity index (χ1n) is 11.4. The molecule has 0 fully saturated rings. The van der Waals surface area contributed by atoms with Crippen molar-refractivity contribution in [3.63, 3.8) is 0 Å². The Morgan fingerprint density at radius 2 is 1.94 bits per heavy atom. The van der Waals surface area contributed by atoms with Crippen molar-refractivity contribution in [2.75, 3.05) is 10.6 Å². The maximum atomic E-state index is 12.7. The molecule has 1 atom stereocenters. The van der Waals surface area contributed by atoms with Crippen LogP contribution < -0.4 is 16.0 Å². The van der Waals surface area contributed by atoms with Crippen molar-refractivity contribution < 1.29 is 14.4 Å². The molecule has 2 amide bonds. The Morgan fingerprint density at radius 1 is 1.14 bits per heavy atom. The molecule has 9 heteroatoms. The van der Waals surface area contributed by atoms with Crippen molar-refractivity contribution in [3.05, 3.63) is 87.3 Å². The molecule has 8 nitrogen and oxygen atoms in total. The average Bonchev–Trinajstić information content (AvgIpc) is 2.99. The number of anilines is 3. The van der Waals surface area contributed by atoms with E-state index >= 15 is 0 Å². The van der Waals surface area contributed by atoms with Crippen molar-refractivity contribution in [1.82, 2.24) is 15.3 Å². The number of fused-ring (bicyclic) bond motifs is 3. The van der Waals surface area contributed by atoms with Crippen molar-refractivity contribution in [2.24, 2.45) is 5.92 Å². The molecular weight excluding hydrogens is 569 g/mol. The Balaban J connectivity index is 1.33. The van der Waals surface area contributed by atoms with Gasteiger partial charge in [0.25, 0.3) is 5.91 Å². The van der Waals surface area contributed by atoms with E-state index in [2.05, 4.69) is 43.5 Å². The Hall–Kier alpha value is -3.86. The summed E-state index contributed by atoms with van der Waals surface area (Å²) in [6, 6.07) is 12.8. The molecule has 180 valence electrons. The quantitative estimate of drug-likeness (QED) is 0.369. The second-order valence-corrected chi connectivity index (χ2v) is 9.86. The number of rotatable bonds is 5. The first-order valence-corrected chi connectivity index (χ1v) is 12.5. The second-order valence-electron chi connectivity index (χ2n) is 8.62. The minimum absolute atomic E-state index is 0.0719. The van der Waals surface area contributed by atoms with Crippen LogP contribution in [0.15, 0.2) is 72.6 Å². The lowest BCUT2D eigenvalue weighted by molar-refractivity contribution is -0.119. The molecular formula is C27H22IN5O3. The van der Waals surface area contributed by atoms with Crippen LogP contribution >= 0.6 is 22.6 Å². The molecule has 2 aromatic carbocycles. The van der Waals surface area contributed by atoms with Crippen LogP contribution in [-0.4, -0.2) is 27.6 Å². The number of nitrogens with zero attached hydrogens (tertiary/aromatic N) is 2. The molecule has 2 aliphatic rings. The number of carbonyl (C=O) groups excluding carboxylic acids is 3. The van der Waals surface area contributed by atoms with Gasteiger partial charge in [0.15, 0.2) is 0 Å². The Morgan fingerprint density at radius 3 is 2.72 bits per heavy atom. The van der Waals surface area contributed by atoms with E-state index in [1.54, 1.807) is 43.5 Å². The highest BCUT2D eigenvalue weighted by Gasteiger charge is 2.21. The number of hydrogen-bond acceptors (Lipinski definition) is 6. The lowest BCUT2D eigenvalue weighted by Gasteiger charge is -2.15. The Labute approximate surface area is 221 Å². The molecule has 3 aromatic rings. The number of benzene rings is 2. The van der Waals surface area contributed by atoms with Crippen LogP contribution in [0.1, 0.15) is 29.3 Å². The molecule has 5 rings (SSSR count). The monoisotopic (exact) mass is 591 g/mol. The number of ketones is 1. The van der Waals surface area contributed by atoms with Crippen molar-refractivity contribution in [2.45, 2.75) is 19.8 Å². The van der Waals surface area contributed by atoms with Gasteiger partial charge in [0.2, 0.25) is 11.9 Å². The maximum Gasteiger partial charge on any atom is 0.255 e. The van der Waals surface area contributed by atoms with Crippen LogP contribution in [0.2, 0.25) is 0 Å². The Bertz CT molecular complexity index is 1450. The number of Topliss-reactive ketones (excluding diaryl/α,β-unsaturated/α-hetero) is 1. The van der Waals surface area contributed by atoms with Crippen molar-refractivity contribution >= 4 is 57.5 Å². The molecule has 0 bridgehead atoms. The largest absolute Gasteiger partial charge is 0.325 e. The van der Waals surface area contributed by atoms with E-state index in [4.69, 9.17) is 4.98 Å². The van der Waals surface area contributed by atoms with Crippen molar-refractivity contribution in [3.8, 4) is 11.3 Å². The summed E-state index contributed by atoms with van der Waals surface area (Å²) in [6.07, 6.45) is 8.00. The smallest absolute Gasteiger partial charge is 0.255 e. The molecule has 36 heavy (non-hydrogen) atoms. The molecule has 1 aromatic heterocycles. The van der Waals surface area contributed by atoms with Gasteiger partial charge >= 0.3 is 0 Å². The fourth-order valence-corrected chi connectivity index (χ4v) is 4.60. The molecule has 0 saturated carbocycles. The van der Waals surface area contributed by atoms with Gasteiger partial charge < -0.3 is 16.0 Å². The molecule has 0 spiro atoms. The summed E-state index contributed by atoms with van der Waals surface area (Å²) in [5.41, 5.74) is 4.83. The van der Waals surface area contributed by atoms with E-state index in [0.717, 1.165) is 20.4 Å². The van der Waals surface area contributed by atoms with Crippen molar-refractivity contribution in [1.29, 1.82) is 0 Å². The molecule has 1 aliphatic carbocycles. The maximum absolute atomic E-state index is 12.7. The lowest BCUT2D eigenvalue weighted by Crippen LogP contribution is -2.24. The molecule has 3 N–H and O–H groups in total. The zero-order chi connectivity index (χ0) is 25.2.